The zero-order valence-electron chi connectivity index (χ0n) is 15.8. The van der Waals surface area contributed by atoms with Crippen LogP contribution < -0.4 is 10.9 Å². The van der Waals surface area contributed by atoms with Gasteiger partial charge in [-0.25, -0.2) is 0 Å². The van der Waals surface area contributed by atoms with E-state index in [1.165, 1.54) is 6.92 Å². The van der Waals surface area contributed by atoms with Crippen molar-refractivity contribution in [3.05, 3.63) is 95.6 Å². The highest BCUT2D eigenvalue weighted by atomic mass is 16.5. The highest BCUT2D eigenvalue weighted by molar-refractivity contribution is 5.99. The first-order valence-corrected chi connectivity index (χ1v) is 9.01. The first-order chi connectivity index (χ1) is 14.0. The quantitative estimate of drug-likeness (QED) is 0.518. The minimum Gasteiger partial charge on any atom is -0.461 e. The first kappa shape index (κ1) is 19.8. The predicted molar refractivity (Wildman–Crippen MR) is 109 cm³/mol. The Morgan fingerprint density at radius 1 is 0.690 bits per heavy atom. The van der Waals surface area contributed by atoms with Gasteiger partial charge in [0, 0.05) is 18.1 Å². The fraction of sp³-hybridized carbons (Fsp3) is 0.0870. The monoisotopic (exact) mass is 388 g/mol. The van der Waals surface area contributed by atoms with E-state index in [0.717, 1.165) is 16.7 Å². The molecule has 3 rings (SSSR count). The first-order valence-electron chi connectivity index (χ1n) is 9.01. The van der Waals surface area contributed by atoms with E-state index in [2.05, 4.69) is 10.9 Å². The van der Waals surface area contributed by atoms with Crippen molar-refractivity contribution in [1.82, 2.24) is 10.9 Å². The lowest BCUT2D eigenvalue weighted by Gasteiger charge is -2.09. The lowest BCUT2D eigenvalue weighted by molar-refractivity contribution is -0.142. The SMILES string of the molecule is CC(=O)OCc1ccc(C(=O)NNC(=O)c2ccc(-c3ccccc3)cc2)cc1. The molecular formula is C23H20N2O4. The average molecular weight is 388 g/mol. The molecule has 0 saturated carbocycles. The third-order valence-corrected chi connectivity index (χ3v) is 4.20. The second-order valence-corrected chi connectivity index (χ2v) is 6.33. The summed E-state index contributed by atoms with van der Waals surface area (Å²) in [6.07, 6.45) is 0. The summed E-state index contributed by atoms with van der Waals surface area (Å²) in [5, 5.41) is 0. The van der Waals surface area contributed by atoms with Crippen LogP contribution in [0.25, 0.3) is 11.1 Å². The molecule has 3 aromatic rings. The van der Waals surface area contributed by atoms with Gasteiger partial charge in [-0.3, -0.25) is 25.2 Å². The Hall–Kier alpha value is -3.93. The number of carbonyl (C=O) groups is 3. The molecule has 0 radical (unpaired) electrons. The fourth-order valence-electron chi connectivity index (χ4n) is 2.64. The molecule has 0 bridgehead atoms. The third kappa shape index (κ3) is 5.52. The number of hydrogen-bond acceptors (Lipinski definition) is 4. The molecule has 2 N–H and O–H groups in total. The summed E-state index contributed by atoms with van der Waals surface area (Å²) in [5.74, 6) is -1.23. The van der Waals surface area contributed by atoms with E-state index in [4.69, 9.17) is 4.74 Å². The van der Waals surface area contributed by atoms with Gasteiger partial charge in [0.2, 0.25) is 0 Å². The summed E-state index contributed by atoms with van der Waals surface area (Å²) in [7, 11) is 0. The summed E-state index contributed by atoms with van der Waals surface area (Å²) < 4.78 is 4.90. The maximum Gasteiger partial charge on any atom is 0.302 e. The number of hydrazine groups is 1. The van der Waals surface area contributed by atoms with Crippen LogP contribution in [0.15, 0.2) is 78.9 Å². The van der Waals surface area contributed by atoms with Crippen LogP contribution in [0.5, 0.6) is 0 Å². The molecule has 3 aromatic carbocycles. The molecule has 2 amide bonds. The smallest absolute Gasteiger partial charge is 0.302 e. The fourth-order valence-corrected chi connectivity index (χ4v) is 2.64. The van der Waals surface area contributed by atoms with Crippen molar-refractivity contribution in [2.24, 2.45) is 0 Å². The van der Waals surface area contributed by atoms with Crippen LogP contribution >= 0.6 is 0 Å². The molecule has 0 aliphatic heterocycles. The number of carbonyl (C=O) groups excluding carboxylic acids is 3. The normalized spacial score (nSPS) is 10.1. The number of esters is 1. The van der Waals surface area contributed by atoms with Crippen LogP contribution in [0.4, 0.5) is 0 Å². The van der Waals surface area contributed by atoms with Crippen molar-refractivity contribution in [3.63, 3.8) is 0 Å². The van der Waals surface area contributed by atoms with Crippen molar-refractivity contribution in [1.29, 1.82) is 0 Å². The van der Waals surface area contributed by atoms with Crippen LogP contribution in [-0.2, 0) is 16.1 Å². The Bertz CT molecular complexity index is 997. The maximum atomic E-state index is 12.3. The Labute approximate surface area is 168 Å². The number of amides is 2. The highest BCUT2D eigenvalue weighted by Gasteiger charge is 2.10. The molecule has 29 heavy (non-hydrogen) atoms. The molecule has 6 nitrogen and oxygen atoms in total. The van der Waals surface area contributed by atoms with Gasteiger partial charge in [-0.05, 0) is 41.0 Å². The molecular weight excluding hydrogens is 368 g/mol. The van der Waals surface area contributed by atoms with Crippen LogP contribution in [-0.4, -0.2) is 17.8 Å². The van der Waals surface area contributed by atoms with Gasteiger partial charge in [0.05, 0.1) is 0 Å². The maximum absolute atomic E-state index is 12.3. The van der Waals surface area contributed by atoms with Gasteiger partial charge in [-0.1, -0.05) is 54.6 Å². The van der Waals surface area contributed by atoms with Gasteiger partial charge in [0.15, 0.2) is 0 Å². The number of nitrogens with one attached hydrogen (secondary N) is 2. The average Bonchev–Trinajstić information content (AvgIpc) is 2.77. The minimum atomic E-state index is -0.446. The molecule has 0 atom stereocenters. The zero-order valence-corrected chi connectivity index (χ0v) is 15.8. The van der Waals surface area contributed by atoms with Crippen molar-refractivity contribution in [2.45, 2.75) is 13.5 Å². The van der Waals surface area contributed by atoms with Gasteiger partial charge < -0.3 is 4.74 Å². The molecule has 0 aromatic heterocycles. The summed E-state index contributed by atoms with van der Waals surface area (Å²) >= 11 is 0. The van der Waals surface area contributed by atoms with E-state index >= 15 is 0 Å². The van der Waals surface area contributed by atoms with E-state index < -0.39 is 11.8 Å². The van der Waals surface area contributed by atoms with Crippen LogP contribution in [0.3, 0.4) is 0 Å². The van der Waals surface area contributed by atoms with Gasteiger partial charge in [-0.2, -0.15) is 0 Å². The minimum absolute atomic E-state index is 0.146. The molecule has 6 heteroatoms. The van der Waals surface area contributed by atoms with E-state index in [-0.39, 0.29) is 12.6 Å². The van der Waals surface area contributed by atoms with Gasteiger partial charge in [0.1, 0.15) is 6.61 Å². The van der Waals surface area contributed by atoms with E-state index in [9.17, 15) is 14.4 Å². The van der Waals surface area contributed by atoms with Gasteiger partial charge in [0.25, 0.3) is 11.8 Å². The lowest BCUT2D eigenvalue weighted by Crippen LogP contribution is -2.41. The number of hydrogen-bond donors (Lipinski definition) is 2. The standard InChI is InChI=1S/C23H20N2O4/c1-16(26)29-15-17-7-9-20(10-8-17)22(27)24-25-23(28)21-13-11-19(12-14-21)18-5-3-2-4-6-18/h2-14H,15H2,1H3,(H,24,27)(H,25,28). The van der Waals surface area contributed by atoms with E-state index in [0.29, 0.717) is 11.1 Å². The second kappa shape index (κ2) is 9.32. The molecule has 0 aliphatic carbocycles. The number of rotatable bonds is 5. The molecule has 0 aliphatic rings. The van der Waals surface area contributed by atoms with Crippen molar-refractivity contribution in [3.8, 4) is 11.1 Å². The summed E-state index contributed by atoms with van der Waals surface area (Å²) in [6.45, 7) is 1.48. The van der Waals surface area contributed by atoms with E-state index in [1.54, 1.807) is 36.4 Å². The molecule has 0 saturated heterocycles. The predicted octanol–water partition coefficient (Wildman–Crippen LogP) is 3.49. The lowest BCUT2D eigenvalue weighted by atomic mass is 10.0. The molecule has 0 fully saturated rings. The van der Waals surface area contributed by atoms with Gasteiger partial charge in [-0.15, -0.1) is 0 Å². The molecule has 0 unspecified atom stereocenters. The molecule has 146 valence electrons. The zero-order chi connectivity index (χ0) is 20.6. The second-order valence-electron chi connectivity index (χ2n) is 6.33. The molecule has 0 heterocycles. The van der Waals surface area contributed by atoms with Crippen LogP contribution in [0.1, 0.15) is 33.2 Å². The number of benzene rings is 3. The Balaban J connectivity index is 1.54. The molecule has 0 spiro atoms. The Morgan fingerprint density at radius 3 is 1.69 bits per heavy atom. The Morgan fingerprint density at radius 2 is 1.17 bits per heavy atom. The van der Waals surface area contributed by atoms with Crippen LogP contribution in [0, 0.1) is 0 Å². The van der Waals surface area contributed by atoms with Gasteiger partial charge >= 0.3 is 5.97 Å². The van der Waals surface area contributed by atoms with Crippen molar-refractivity contribution >= 4 is 17.8 Å². The third-order valence-electron chi connectivity index (χ3n) is 4.20. The Kier molecular flexibility index (Phi) is 6.37. The summed E-state index contributed by atoms with van der Waals surface area (Å²) in [5.41, 5.74) is 8.42. The topological polar surface area (TPSA) is 84.5 Å². The summed E-state index contributed by atoms with van der Waals surface area (Å²) in [4.78, 5) is 35.3. The number of ether oxygens (including phenoxy) is 1. The summed E-state index contributed by atoms with van der Waals surface area (Å²) in [6, 6.07) is 23.5. The van der Waals surface area contributed by atoms with Crippen molar-refractivity contribution < 1.29 is 19.1 Å². The highest BCUT2D eigenvalue weighted by Crippen LogP contribution is 2.19. The largest absolute Gasteiger partial charge is 0.461 e. The van der Waals surface area contributed by atoms with E-state index in [1.807, 2.05) is 42.5 Å². The van der Waals surface area contributed by atoms with Crippen molar-refractivity contribution in [2.75, 3.05) is 0 Å². The van der Waals surface area contributed by atoms with Crippen LogP contribution in [0.2, 0.25) is 0 Å².